The van der Waals surface area contributed by atoms with Gasteiger partial charge in [0.05, 0.1) is 6.61 Å². The molecule has 0 N–H and O–H groups in total. The van der Waals surface area contributed by atoms with Gasteiger partial charge in [-0.05, 0) is 42.9 Å². The Morgan fingerprint density at radius 2 is 1.67 bits per heavy atom. The molecule has 0 aromatic heterocycles. The Labute approximate surface area is 93.5 Å². The van der Waals surface area contributed by atoms with Crippen LogP contribution in [-0.4, -0.2) is 6.61 Å². The van der Waals surface area contributed by atoms with E-state index in [1.165, 1.54) is 12.0 Å². The fourth-order valence-electron chi connectivity index (χ4n) is 1.44. The van der Waals surface area contributed by atoms with Gasteiger partial charge in [0, 0.05) is 0 Å². The minimum Gasteiger partial charge on any atom is -0.494 e. The van der Waals surface area contributed by atoms with Gasteiger partial charge in [0.15, 0.2) is 0 Å². The van der Waals surface area contributed by atoms with Crippen LogP contribution in [0.4, 0.5) is 0 Å². The molecule has 1 heteroatoms. The van der Waals surface area contributed by atoms with Crippen LogP contribution in [0.5, 0.6) is 5.75 Å². The molecule has 0 heterocycles. The van der Waals surface area contributed by atoms with E-state index in [0.29, 0.717) is 5.41 Å². The van der Waals surface area contributed by atoms with Crippen LogP contribution in [0.25, 0.3) is 0 Å². The van der Waals surface area contributed by atoms with Gasteiger partial charge in [0.1, 0.15) is 5.75 Å². The Bertz CT molecular complexity index is 279. The smallest absolute Gasteiger partial charge is 0.119 e. The maximum absolute atomic E-state index is 5.41. The molecule has 0 aliphatic carbocycles. The van der Waals surface area contributed by atoms with Gasteiger partial charge in [0.25, 0.3) is 0 Å². The van der Waals surface area contributed by atoms with Crippen molar-refractivity contribution in [3.05, 3.63) is 29.8 Å². The number of hydrogen-bond donors (Lipinski definition) is 0. The maximum atomic E-state index is 5.41. The van der Waals surface area contributed by atoms with Gasteiger partial charge in [-0.1, -0.05) is 32.9 Å². The first-order valence-corrected chi connectivity index (χ1v) is 5.73. The molecule has 0 atom stereocenters. The zero-order valence-electron chi connectivity index (χ0n) is 10.3. The predicted octanol–water partition coefficient (Wildman–Crippen LogP) is 4.06. The van der Waals surface area contributed by atoms with E-state index >= 15 is 0 Å². The second-order valence-electron chi connectivity index (χ2n) is 5.14. The van der Waals surface area contributed by atoms with Crippen molar-refractivity contribution in [3.8, 4) is 5.75 Å². The average molecular weight is 206 g/mol. The summed E-state index contributed by atoms with van der Waals surface area (Å²) in [6.07, 6.45) is 2.37. The molecular weight excluding hydrogens is 184 g/mol. The molecule has 1 nitrogen and oxygen atoms in total. The van der Waals surface area contributed by atoms with Crippen LogP contribution < -0.4 is 4.74 Å². The summed E-state index contributed by atoms with van der Waals surface area (Å²) in [4.78, 5) is 0. The molecule has 1 rings (SSSR count). The van der Waals surface area contributed by atoms with E-state index in [-0.39, 0.29) is 0 Å². The highest BCUT2D eigenvalue weighted by Crippen LogP contribution is 2.22. The minimum absolute atomic E-state index is 0.415. The molecule has 0 aliphatic heterocycles. The molecule has 1 aromatic carbocycles. The Kier molecular flexibility index (Phi) is 4.19. The molecule has 1 aromatic rings. The topological polar surface area (TPSA) is 9.23 Å². The first-order chi connectivity index (χ1) is 7.01. The largest absolute Gasteiger partial charge is 0.494 e. The van der Waals surface area contributed by atoms with Crippen molar-refractivity contribution in [1.29, 1.82) is 0 Å². The van der Waals surface area contributed by atoms with Crippen molar-refractivity contribution in [2.75, 3.05) is 6.61 Å². The van der Waals surface area contributed by atoms with Crippen LogP contribution in [0.1, 0.15) is 39.7 Å². The van der Waals surface area contributed by atoms with Crippen molar-refractivity contribution in [2.45, 2.75) is 40.5 Å². The Hall–Kier alpha value is -0.980. The molecule has 0 bridgehead atoms. The van der Waals surface area contributed by atoms with Crippen molar-refractivity contribution in [1.82, 2.24) is 0 Å². The average Bonchev–Trinajstić information content (AvgIpc) is 2.16. The summed E-state index contributed by atoms with van der Waals surface area (Å²) in [6, 6.07) is 8.44. The van der Waals surface area contributed by atoms with Crippen LogP contribution in [-0.2, 0) is 6.42 Å². The van der Waals surface area contributed by atoms with E-state index in [0.717, 1.165) is 18.8 Å². The van der Waals surface area contributed by atoms with Crippen molar-refractivity contribution in [3.63, 3.8) is 0 Å². The number of aryl methyl sites for hydroxylation is 1. The lowest BCUT2D eigenvalue weighted by Gasteiger charge is -2.17. The van der Waals surface area contributed by atoms with Crippen LogP contribution in [0.3, 0.4) is 0 Å². The number of rotatable bonds is 4. The fraction of sp³-hybridized carbons (Fsp3) is 0.571. The zero-order valence-corrected chi connectivity index (χ0v) is 10.3. The second-order valence-corrected chi connectivity index (χ2v) is 5.14. The summed E-state index contributed by atoms with van der Waals surface area (Å²) in [5.41, 5.74) is 1.81. The third-order valence-corrected chi connectivity index (χ3v) is 2.40. The van der Waals surface area contributed by atoms with Crippen molar-refractivity contribution >= 4 is 0 Å². The summed E-state index contributed by atoms with van der Waals surface area (Å²) in [7, 11) is 0. The van der Waals surface area contributed by atoms with Crippen molar-refractivity contribution < 1.29 is 4.74 Å². The Morgan fingerprint density at radius 3 is 2.13 bits per heavy atom. The molecule has 0 saturated heterocycles. The van der Waals surface area contributed by atoms with Gasteiger partial charge >= 0.3 is 0 Å². The summed E-state index contributed by atoms with van der Waals surface area (Å²) in [5, 5.41) is 0. The monoisotopic (exact) mass is 206 g/mol. The Morgan fingerprint density at radius 1 is 1.07 bits per heavy atom. The summed E-state index contributed by atoms with van der Waals surface area (Å²) in [6.45, 7) is 9.58. The summed E-state index contributed by atoms with van der Waals surface area (Å²) < 4.78 is 5.41. The van der Waals surface area contributed by atoms with Gasteiger partial charge in [-0.2, -0.15) is 0 Å². The lowest BCUT2D eigenvalue weighted by molar-refractivity contribution is 0.340. The first-order valence-electron chi connectivity index (χ1n) is 5.73. The Balaban J connectivity index is 2.50. The first kappa shape index (κ1) is 12.1. The minimum atomic E-state index is 0.415. The van der Waals surface area contributed by atoms with Gasteiger partial charge in [-0.3, -0.25) is 0 Å². The van der Waals surface area contributed by atoms with Crippen molar-refractivity contribution in [2.24, 2.45) is 5.41 Å². The molecule has 0 unspecified atom stereocenters. The van der Waals surface area contributed by atoms with Gasteiger partial charge < -0.3 is 4.74 Å². The van der Waals surface area contributed by atoms with Crippen LogP contribution in [0.2, 0.25) is 0 Å². The molecular formula is C14H22O. The third kappa shape index (κ3) is 4.87. The van der Waals surface area contributed by atoms with E-state index in [2.05, 4.69) is 45.0 Å². The molecule has 0 saturated carbocycles. The standard InChI is InChI=1S/C14H22O/c1-5-15-13-8-6-12(7-9-13)10-11-14(2,3)4/h6-9H,5,10-11H2,1-4H3. The molecule has 0 fully saturated rings. The molecule has 84 valence electrons. The van der Waals surface area contributed by atoms with Gasteiger partial charge in [-0.15, -0.1) is 0 Å². The van der Waals surface area contributed by atoms with Gasteiger partial charge in [0.2, 0.25) is 0 Å². The normalized spacial score (nSPS) is 11.5. The number of hydrogen-bond acceptors (Lipinski definition) is 1. The lowest BCUT2D eigenvalue weighted by Crippen LogP contribution is -2.06. The number of benzene rings is 1. The van der Waals surface area contributed by atoms with Crippen LogP contribution in [0.15, 0.2) is 24.3 Å². The predicted molar refractivity (Wildman–Crippen MR) is 65.4 cm³/mol. The highest BCUT2D eigenvalue weighted by Gasteiger charge is 2.09. The molecule has 0 spiro atoms. The quantitative estimate of drug-likeness (QED) is 0.721. The maximum Gasteiger partial charge on any atom is 0.119 e. The van der Waals surface area contributed by atoms with E-state index in [9.17, 15) is 0 Å². The molecule has 15 heavy (non-hydrogen) atoms. The fourth-order valence-corrected chi connectivity index (χ4v) is 1.44. The lowest BCUT2D eigenvalue weighted by atomic mass is 9.89. The van der Waals surface area contributed by atoms with E-state index in [1.54, 1.807) is 0 Å². The summed E-state index contributed by atoms with van der Waals surface area (Å²) in [5.74, 6) is 0.969. The SMILES string of the molecule is CCOc1ccc(CCC(C)(C)C)cc1. The molecule has 0 aliphatic rings. The van der Waals surface area contributed by atoms with Gasteiger partial charge in [-0.25, -0.2) is 0 Å². The highest BCUT2D eigenvalue weighted by molar-refractivity contribution is 5.27. The van der Waals surface area contributed by atoms with Crippen LogP contribution >= 0.6 is 0 Å². The van der Waals surface area contributed by atoms with E-state index in [4.69, 9.17) is 4.74 Å². The van der Waals surface area contributed by atoms with E-state index < -0.39 is 0 Å². The number of ether oxygens (including phenoxy) is 1. The zero-order chi connectivity index (χ0) is 11.3. The highest BCUT2D eigenvalue weighted by atomic mass is 16.5. The molecule has 0 amide bonds. The summed E-state index contributed by atoms with van der Waals surface area (Å²) >= 11 is 0. The third-order valence-electron chi connectivity index (χ3n) is 2.40. The van der Waals surface area contributed by atoms with Crippen LogP contribution in [0, 0.1) is 5.41 Å². The second kappa shape index (κ2) is 5.20. The molecule has 0 radical (unpaired) electrons. The van der Waals surface area contributed by atoms with E-state index in [1.807, 2.05) is 6.92 Å².